The van der Waals surface area contributed by atoms with Gasteiger partial charge in [0, 0.05) is 11.5 Å². The zero-order valence-corrected chi connectivity index (χ0v) is 21.9. The maximum atomic E-state index is 14.0. The Kier molecular flexibility index (Phi) is 5.11. The summed E-state index contributed by atoms with van der Waals surface area (Å²) in [6.45, 7) is 3.60. The van der Waals surface area contributed by atoms with Gasteiger partial charge < -0.3 is 4.74 Å². The molecule has 8 nitrogen and oxygen atoms in total. The lowest BCUT2D eigenvalue weighted by Gasteiger charge is -2.51. The highest BCUT2D eigenvalue weighted by Crippen LogP contribution is 2.65. The number of allylic oxidation sites excluding steroid dienone is 1. The Morgan fingerprint density at radius 1 is 0.757 bits per heavy atom. The molecular weight excluding hydrogens is 540 g/mol. The SMILES string of the molecule is COC(=O)C1=CC2(Br)[C@@H]3C(=O)N(c4ccccc4C)C(=O)[C@@H]3C1[C@@H]1C(=O)N(c3ccccc3C)C(=O)[C@H]12. The van der Waals surface area contributed by atoms with Crippen LogP contribution in [0.5, 0.6) is 0 Å². The number of amides is 4. The van der Waals surface area contributed by atoms with Crippen molar-refractivity contribution in [3.8, 4) is 0 Å². The van der Waals surface area contributed by atoms with E-state index in [1.54, 1.807) is 56.3 Å². The van der Waals surface area contributed by atoms with E-state index in [0.717, 1.165) is 20.9 Å². The summed E-state index contributed by atoms with van der Waals surface area (Å²) in [5.41, 5.74) is 2.51. The second kappa shape index (κ2) is 7.95. The van der Waals surface area contributed by atoms with Crippen molar-refractivity contribution in [2.24, 2.45) is 29.6 Å². The van der Waals surface area contributed by atoms with Crippen molar-refractivity contribution >= 4 is 56.9 Å². The maximum Gasteiger partial charge on any atom is 0.333 e. The molecule has 188 valence electrons. The van der Waals surface area contributed by atoms with Crippen LogP contribution in [0.4, 0.5) is 11.4 Å². The molecule has 2 unspecified atom stereocenters. The normalized spacial score (nSPS) is 32.0. The van der Waals surface area contributed by atoms with Crippen molar-refractivity contribution < 1.29 is 28.7 Å². The first-order chi connectivity index (χ1) is 17.6. The summed E-state index contributed by atoms with van der Waals surface area (Å²) in [6.07, 6.45) is 1.55. The smallest absolute Gasteiger partial charge is 0.333 e. The van der Waals surface area contributed by atoms with E-state index in [1.165, 1.54) is 7.11 Å². The summed E-state index contributed by atoms with van der Waals surface area (Å²) in [5, 5.41) is 0. The van der Waals surface area contributed by atoms with E-state index in [1.807, 2.05) is 12.1 Å². The predicted octanol–water partition coefficient (Wildman–Crippen LogP) is 3.09. The Morgan fingerprint density at radius 3 is 1.59 bits per heavy atom. The van der Waals surface area contributed by atoms with Crippen molar-refractivity contribution in [3.63, 3.8) is 0 Å². The van der Waals surface area contributed by atoms with E-state index in [4.69, 9.17) is 4.74 Å². The van der Waals surface area contributed by atoms with E-state index in [0.29, 0.717) is 11.4 Å². The molecule has 2 bridgehead atoms. The summed E-state index contributed by atoms with van der Waals surface area (Å²) in [6, 6.07) is 14.1. The molecule has 3 fully saturated rings. The number of methoxy groups -OCH3 is 1. The summed E-state index contributed by atoms with van der Waals surface area (Å²) in [5.74, 6) is -7.48. The van der Waals surface area contributed by atoms with E-state index in [9.17, 15) is 24.0 Å². The van der Waals surface area contributed by atoms with Crippen molar-refractivity contribution in [2.45, 2.75) is 18.2 Å². The molecule has 4 amide bonds. The lowest BCUT2D eigenvalue weighted by molar-refractivity contribution is -0.143. The van der Waals surface area contributed by atoms with E-state index < -0.39 is 63.5 Å². The third-order valence-corrected chi connectivity index (χ3v) is 9.51. The van der Waals surface area contributed by atoms with Crippen LogP contribution in [0.3, 0.4) is 0 Å². The van der Waals surface area contributed by atoms with Gasteiger partial charge in [-0.1, -0.05) is 58.4 Å². The van der Waals surface area contributed by atoms with Gasteiger partial charge in [-0.2, -0.15) is 0 Å². The van der Waals surface area contributed by atoms with Crippen LogP contribution in [0.2, 0.25) is 0 Å². The van der Waals surface area contributed by atoms with Crippen molar-refractivity contribution in [1.29, 1.82) is 0 Å². The van der Waals surface area contributed by atoms with Gasteiger partial charge in [0.2, 0.25) is 23.6 Å². The molecule has 2 aliphatic heterocycles. The Labute approximate surface area is 221 Å². The van der Waals surface area contributed by atoms with Crippen LogP contribution in [0.25, 0.3) is 0 Å². The van der Waals surface area contributed by atoms with Gasteiger partial charge in [-0.25, -0.2) is 14.6 Å². The molecule has 2 aromatic carbocycles. The standard InChI is InChI=1S/C28H23BrN2O6/c1-13-8-4-6-10-16(13)30-23(32)19-18-15(27(36)37-3)12-28(29,21(19)25(30)34)22-20(18)24(33)31(26(22)35)17-11-7-5-9-14(17)2/h4-12,18-22H,1-3H3/t18?,19-,20+,21-,22-,28?/m0/s1. The van der Waals surface area contributed by atoms with Gasteiger partial charge >= 0.3 is 5.97 Å². The highest BCUT2D eigenvalue weighted by Gasteiger charge is 2.76. The fourth-order valence-corrected chi connectivity index (χ4v) is 7.98. The third kappa shape index (κ3) is 2.91. The Morgan fingerprint density at radius 2 is 1.19 bits per heavy atom. The molecule has 0 radical (unpaired) electrons. The number of imide groups is 2. The number of alkyl halides is 1. The largest absolute Gasteiger partial charge is 0.466 e. The number of hydrogen-bond donors (Lipinski definition) is 0. The zero-order chi connectivity index (χ0) is 26.4. The number of carbonyl (C=O) groups is 5. The predicted molar refractivity (Wildman–Crippen MR) is 137 cm³/mol. The number of benzene rings is 2. The summed E-state index contributed by atoms with van der Waals surface area (Å²) in [7, 11) is 1.23. The van der Waals surface area contributed by atoms with Crippen LogP contribution < -0.4 is 9.80 Å². The number of nitrogens with zero attached hydrogens (tertiary/aromatic N) is 2. The van der Waals surface area contributed by atoms with E-state index in [2.05, 4.69) is 15.9 Å². The van der Waals surface area contributed by atoms with Crippen LogP contribution in [0.1, 0.15) is 11.1 Å². The number of aryl methyl sites for hydroxylation is 2. The number of halogens is 1. The zero-order valence-electron chi connectivity index (χ0n) is 20.3. The molecule has 2 aromatic rings. The van der Waals surface area contributed by atoms with Gasteiger partial charge in [-0.15, -0.1) is 0 Å². The van der Waals surface area contributed by atoms with Gasteiger partial charge in [-0.05, 0) is 37.1 Å². The molecule has 5 aliphatic rings. The topological polar surface area (TPSA) is 101 Å². The highest BCUT2D eigenvalue weighted by molar-refractivity contribution is 9.10. The summed E-state index contributed by atoms with van der Waals surface area (Å²) < 4.78 is 3.60. The van der Waals surface area contributed by atoms with Gasteiger partial charge in [0.05, 0.1) is 46.5 Å². The first-order valence-corrected chi connectivity index (χ1v) is 12.8. The number of ether oxygens (including phenoxy) is 1. The van der Waals surface area contributed by atoms with Crippen molar-refractivity contribution in [1.82, 2.24) is 0 Å². The van der Waals surface area contributed by atoms with Crippen molar-refractivity contribution in [2.75, 3.05) is 16.9 Å². The molecule has 0 aromatic heterocycles. The number of para-hydroxylation sites is 2. The molecule has 3 aliphatic carbocycles. The average molecular weight is 563 g/mol. The first-order valence-electron chi connectivity index (χ1n) is 12.0. The van der Waals surface area contributed by atoms with Gasteiger partial charge in [-0.3, -0.25) is 19.2 Å². The average Bonchev–Trinajstić information content (AvgIpc) is 3.31. The molecular formula is C28H23BrN2O6. The minimum Gasteiger partial charge on any atom is -0.466 e. The van der Waals surface area contributed by atoms with Crippen LogP contribution in [-0.4, -0.2) is 41.0 Å². The number of carbonyl (C=O) groups excluding carboxylic acids is 5. The quantitative estimate of drug-likeness (QED) is 0.323. The molecule has 6 atom stereocenters. The molecule has 2 heterocycles. The Bertz CT molecular complexity index is 1370. The Balaban J connectivity index is 1.54. The molecule has 7 rings (SSSR count). The van der Waals surface area contributed by atoms with E-state index in [-0.39, 0.29) is 5.57 Å². The minimum absolute atomic E-state index is 0.141. The molecule has 37 heavy (non-hydrogen) atoms. The fraction of sp³-hybridized carbons (Fsp3) is 0.321. The molecule has 9 heteroatoms. The van der Waals surface area contributed by atoms with Crippen LogP contribution in [-0.2, 0) is 28.7 Å². The molecule has 2 saturated heterocycles. The van der Waals surface area contributed by atoms with Crippen molar-refractivity contribution in [3.05, 3.63) is 71.3 Å². The minimum atomic E-state index is -1.42. The second-order valence-electron chi connectivity index (χ2n) is 10.0. The lowest BCUT2D eigenvalue weighted by atomic mass is 9.52. The maximum absolute atomic E-state index is 14.0. The number of esters is 1. The van der Waals surface area contributed by atoms with Crippen LogP contribution >= 0.6 is 15.9 Å². The molecule has 0 spiro atoms. The lowest BCUT2D eigenvalue weighted by Crippen LogP contribution is -2.61. The molecule has 1 saturated carbocycles. The van der Waals surface area contributed by atoms with Gasteiger partial charge in [0.15, 0.2) is 0 Å². The van der Waals surface area contributed by atoms with Gasteiger partial charge in [0.25, 0.3) is 0 Å². The highest BCUT2D eigenvalue weighted by atomic mass is 79.9. The third-order valence-electron chi connectivity index (χ3n) is 8.30. The number of rotatable bonds is 3. The van der Waals surface area contributed by atoms with Gasteiger partial charge in [0.1, 0.15) is 0 Å². The monoisotopic (exact) mass is 562 g/mol. The summed E-state index contributed by atoms with van der Waals surface area (Å²) >= 11 is 3.67. The first kappa shape index (κ1) is 23.8. The van der Waals surface area contributed by atoms with Crippen LogP contribution in [0.15, 0.2) is 60.2 Å². The van der Waals surface area contributed by atoms with Crippen LogP contribution in [0, 0.1) is 43.4 Å². The summed E-state index contributed by atoms with van der Waals surface area (Å²) in [4.78, 5) is 71.1. The van der Waals surface area contributed by atoms with E-state index >= 15 is 0 Å². The second-order valence-corrected chi connectivity index (χ2v) is 11.4. The fourth-order valence-electron chi connectivity index (χ4n) is 6.77. The number of anilines is 2. The number of hydrogen-bond acceptors (Lipinski definition) is 6. The molecule has 0 N–H and O–H groups in total. The Hall–Kier alpha value is -3.59.